The molecule has 7 nitrogen and oxygen atoms in total. The fraction of sp³-hybridized carbons (Fsp3) is 0.696. The van der Waals surface area contributed by atoms with Crippen LogP contribution in [0.1, 0.15) is 92.9 Å². The highest BCUT2D eigenvalue weighted by Crippen LogP contribution is 2.37. The van der Waals surface area contributed by atoms with Crippen molar-refractivity contribution >= 4 is 24.1 Å². The summed E-state index contributed by atoms with van der Waals surface area (Å²) in [6, 6.07) is 0. The number of carbonyl (C=O) groups excluding carboxylic acids is 1. The number of esters is 1. The van der Waals surface area contributed by atoms with Crippen LogP contribution in [0.4, 0.5) is 0 Å². The van der Waals surface area contributed by atoms with Crippen molar-refractivity contribution in [1.82, 2.24) is 0 Å². The second-order valence-electron chi connectivity index (χ2n) is 8.16. The largest absolute Gasteiger partial charge is 0.534 e. The molecule has 0 fully saturated rings. The summed E-state index contributed by atoms with van der Waals surface area (Å²) >= 11 is 0. The molecule has 32 heavy (non-hydrogen) atoms. The standard InChI is InChI=1S/C23H39O7PS/c1-7-22(24)29-21(6)30-31(25)23(32(26,27)28)17-9-8-13-19(4)15-11-16-20(5)14-10-12-18(2)3/h12-13,16,21,23H,7-11,14-15,17H2,1-6H3/p+1. The monoisotopic (exact) mass is 491 g/mol. The summed E-state index contributed by atoms with van der Waals surface area (Å²) in [5.74, 6) is -0.553. The zero-order chi connectivity index (χ0) is 24.7. The molecule has 0 aromatic heterocycles. The second-order valence-corrected chi connectivity index (χ2v) is 11.5. The molecule has 0 saturated heterocycles. The van der Waals surface area contributed by atoms with E-state index in [0.29, 0.717) is 12.8 Å². The van der Waals surface area contributed by atoms with Crippen LogP contribution in [-0.4, -0.2) is 30.2 Å². The molecule has 0 radical (unpaired) electrons. The normalized spacial score (nSPS) is 15.2. The van der Waals surface area contributed by atoms with E-state index < -0.39 is 35.4 Å². The SMILES string of the molecule is CCC(=O)OC(C)O[P+](=O)C(CCCC=C(C)CCC=C(C)CCC=C(C)C)S(=O)(=O)O. The summed E-state index contributed by atoms with van der Waals surface area (Å²) in [7, 11) is -7.33. The van der Waals surface area contributed by atoms with E-state index >= 15 is 0 Å². The topological polar surface area (TPSA) is 107 Å². The average molecular weight is 492 g/mol. The summed E-state index contributed by atoms with van der Waals surface area (Å²) < 4.78 is 54.8. The Morgan fingerprint density at radius 3 is 2.03 bits per heavy atom. The van der Waals surface area contributed by atoms with Gasteiger partial charge in [-0.3, -0.25) is 9.35 Å². The van der Waals surface area contributed by atoms with E-state index in [1.54, 1.807) is 6.92 Å². The maximum atomic E-state index is 12.3. The van der Waals surface area contributed by atoms with Gasteiger partial charge < -0.3 is 4.74 Å². The Morgan fingerprint density at radius 1 is 1.00 bits per heavy atom. The molecule has 3 atom stereocenters. The number of hydrogen-bond donors (Lipinski definition) is 1. The van der Waals surface area contributed by atoms with Crippen molar-refractivity contribution in [3.05, 3.63) is 34.9 Å². The average Bonchev–Trinajstić information content (AvgIpc) is 2.66. The van der Waals surface area contributed by atoms with Gasteiger partial charge >= 0.3 is 29.1 Å². The Hall–Kier alpha value is -1.34. The lowest BCUT2D eigenvalue weighted by Crippen LogP contribution is -2.21. The molecule has 0 aromatic rings. The van der Waals surface area contributed by atoms with Gasteiger partial charge in [0.2, 0.25) is 0 Å². The third-order valence-electron chi connectivity index (χ3n) is 4.69. The first kappa shape index (κ1) is 30.7. The van der Waals surface area contributed by atoms with Gasteiger partial charge in [-0.05, 0) is 70.8 Å². The molecule has 0 bridgehead atoms. The first-order valence-electron chi connectivity index (χ1n) is 11.1. The molecule has 0 aliphatic heterocycles. The van der Waals surface area contributed by atoms with Crippen LogP contribution in [0.5, 0.6) is 0 Å². The summed E-state index contributed by atoms with van der Waals surface area (Å²) in [6.07, 6.45) is 10.5. The van der Waals surface area contributed by atoms with E-state index in [1.165, 1.54) is 23.6 Å². The molecule has 0 rings (SSSR count). The third-order valence-corrected chi connectivity index (χ3v) is 8.16. The maximum Gasteiger partial charge on any atom is 0.534 e. The van der Waals surface area contributed by atoms with Crippen molar-refractivity contribution in [3.63, 3.8) is 0 Å². The quantitative estimate of drug-likeness (QED) is 0.0628. The zero-order valence-corrected chi connectivity index (χ0v) is 22.0. The summed E-state index contributed by atoms with van der Waals surface area (Å²) in [5, 5.41) is 0. The molecule has 0 heterocycles. The van der Waals surface area contributed by atoms with Crippen molar-refractivity contribution in [1.29, 1.82) is 0 Å². The van der Waals surface area contributed by atoms with Crippen LogP contribution in [0.25, 0.3) is 0 Å². The lowest BCUT2D eigenvalue weighted by Gasteiger charge is -2.08. The molecule has 184 valence electrons. The Balaban J connectivity index is 4.55. The Labute approximate surface area is 195 Å². The molecular weight excluding hydrogens is 451 g/mol. The smallest absolute Gasteiger partial charge is 0.431 e. The Bertz CT molecular complexity index is 793. The van der Waals surface area contributed by atoms with E-state index in [-0.39, 0.29) is 12.8 Å². The highest BCUT2D eigenvalue weighted by Gasteiger charge is 2.45. The van der Waals surface area contributed by atoms with E-state index in [9.17, 15) is 22.3 Å². The number of carbonyl (C=O) groups is 1. The fourth-order valence-corrected chi connectivity index (χ4v) is 5.20. The highest BCUT2D eigenvalue weighted by molar-refractivity contribution is 7.92. The van der Waals surface area contributed by atoms with Crippen molar-refractivity contribution in [2.24, 2.45) is 0 Å². The fourth-order valence-electron chi connectivity index (χ4n) is 2.85. The third kappa shape index (κ3) is 15.5. The van der Waals surface area contributed by atoms with Crippen molar-refractivity contribution in [2.75, 3.05) is 0 Å². The molecule has 0 aliphatic rings. The number of ether oxygens (including phenoxy) is 1. The van der Waals surface area contributed by atoms with Gasteiger partial charge in [0.15, 0.2) is 0 Å². The van der Waals surface area contributed by atoms with Crippen molar-refractivity contribution < 1.29 is 31.6 Å². The van der Waals surface area contributed by atoms with Crippen molar-refractivity contribution in [3.8, 4) is 0 Å². The summed E-state index contributed by atoms with van der Waals surface area (Å²) in [6.45, 7) is 11.3. The molecule has 0 spiro atoms. The lowest BCUT2D eigenvalue weighted by molar-refractivity contribution is -0.160. The number of unbranched alkanes of at least 4 members (excludes halogenated alkanes) is 1. The predicted octanol–water partition coefficient (Wildman–Crippen LogP) is 6.85. The predicted molar refractivity (Wildman–Crippen MR) is 129 cm³/mol. The van der Waals surface area contributed by atoms with E-state index in [0.717, 1.165) is 25.7 Å². The van der Waals surface area contributed by atoms with Gasteiger partial charge in [-0.2, -0.15) is 8.42 Å². The molecule has 0 aliphatic carbocycles. The van der Waals surface area contributed by atoms with Gasteiger partial charge in [0.1, 0.15) is 0 Å². The van der Waals surface area contributed by atoms with Gasteiger partial charge in [0, 0.05) is 19.8 Å². The minimum atomic E-state index is -4.56. The molecule has 1 N–H and O–H groups in total. The lowest BCUT2D eigenvalue weighted by atomic mass is 10.1. The van der Waals surface area contributed by atoms with Gasteiger partial charge in [-0.1, -0.05) is 41.9 Å². The molecule has 9 heteroatoms. The molecule has 0 amide bonds. The number of hydrogen-bond acceptors (Lipinski definition) is 6. The molecule has 0 saturated carbocycles. The summed E-state index contributed by atoms with van der Waals surface area (Å²) in [4.78, 5) is 9.70. The number of rotatable bonds is 16. The van der Waals surface area contributed by atoms with Crippen LogP contribution < -0.4 is 0 Å². The van der Waals surface area contributed by atoms with Crippen LogP contribution in [0.15, 0.2) is 34.9 Å². The first-order chi connectivity index (χ1) is 14.9. The number of allylic oxidation sites excluding steroid dienone is 6. The highest BCUT2D eigenvalue weighted by atomic mass is 32.2. The van der Waals surface area contributed by atoms with Crippen molar-refractivity contribution in [2.45, 2.75) is 104 Å². The summed E-state index contributed by atoms with van der Waals surface area (Å²) in [5.41, 5.74) is 3.90. The van der Waals surface area contributed by atoms with Crippen LogP contribution in [0.3, 0.4) is 0 Å². The first-order valence-corrected chi connectivity index (χ1v) is 13.8. The minimum Gasteiger partial charge on any atom is -0.431 e. The van der Waals surface area contributed by atoms with Crippen LogP contribution in [-0.2, 0) is 28.7 Å². The molecular formula is C23H40O7PS+. The molecule has 0 aromatic carbocycles. The van der Waals surface area contributed by atoms with Crippen LogP contribution in [0, 0.1) is 0 Å². The van der Waals surface area contributed by atoms with Gasteiger partial charge in [-0.15, -0.1) is 4.52 Å². The van der Waals surface area contributed by atoms with Gasteiger partial charge in [0.25, 0.3) is 6.29 Å². The van der Waals surface area contributed by atoms with Crippen LogP contribution >= 0.6 is 8.03 Å². The second kappa shape index (κ2) is 16.3. The van der Waals surface area contributed by atoms with E-state index in [4.69, 9.17) is 9.26 Å². The Morgan fingerprint density at radius 2 is 1.53 bits per heavy atom. The minimum absolute atomic E-state index is 0.0182. The molecule has 3 unspecified atom stereocenters. The van der Waals surface area contributed by atoms with E-state index in [1.807, 2.05) is 13.0 Å². The van der Waals surface area contributed by atoms with Gasteiger partial charge in [-0.25, -0.2) is 0 Å². The Kier molecular flexibility index (Phi) is 15.6. The van der Waals surface area contributed by atoms with E-state index in [2.05, 4.69) is 32.9 Å². The zero-order valence-electron chi connectivity index (χ0n) is 20.3. The van der Waals surface area contributed by atoms with Gasteiger partial charge in [0.05, 0.1) is 0 Å². The van der Waals surface area contributed by atoms with Crippen LogP contribution in [0.2, 0.25) is 0 Å². The maximum absolute atomic E-state index is 12.3.